The standard InChI is InChI=1S/C24H27FO6/c1-13(2)12-30-20-11-15(4-5-18(20)23(26)27)8-16-9-17(10-16)31-21-7-14(3)6-19(25)22(21)24(28)29/h4-7,11,13,16-17H,8-10,12H2,1-3H3,(H,26,27)(H,28,29). The molecule has 0 saturated heterocycles. The van der Waals surface area contributed by atoms with E-state index in [1.54, 1.807) is 31.2 Å². The van der Waals surface area contributed by atoms with E-state index in [0.29, 0.717) is 36.7 Å². The van der Waals surface area contributed by atoms with E-state index in [1.165, 1.54) is 6.07 Å². The van der Waals surface area contributed by atoms with Crippen LogP contribution < -0.4 is 9.47 Å². The second-order valence-corrected chi connectivity index (χ2v) is 8.55. The minimum atomic E-state index is -1.35. The second-order valence-electron chi connectivity index (χ2n) is 8.55. The highest BCUT2D eigenvalue weighted by Gasteiger charge is 2.32. The van der Waals surface area contributed by atoms with Crippen molar-refractivity contribution >= 4 is 11.9 Å². The van der Waals surface area contributed by atoms with Crippen LogP contribution >= 0.6 is 0 Å². The van der Waals surface area contributed by atoms with Gasteiger partial charge in [-0.15, -0.1) is 0 Å². The number of ether oxygens (including phenoxy) is 2. The molecule has 3 rings (SSSR count). The summed E-state index contributed by atoms with van der Waals surface area (Å²) in [6, 6.07) is 7.86. The van der Waals surface area contributed by atoms with Gasteiger partial charge < -0.3 is 19.7 Å². The first kappa shape index (κ1) is 22.6. The summed E-state index contributed by atoms with van der Waals surface area (Å²) in [6.07, 6.45) is 1.96. The highest BCUT2D eigenvalue weighted by molar-refractivity contribution is 5.91. The van der Waals surface area contributed by atoms with E-state index in [1.807, 2.05) is 13.8 Å². The van der Waals surface area contributed by atoms with Crippen molar-refractivity contribution in [2.75, 3.05) is 6.61 Å². The SMILES string of the molecule is Cc1cc(F)c(C(=O)O)c(OC2CC(Cc3ccc(C(=O)O)c(OCC(C)C)c3)C2)c1. The summed E-state index contributed by atoms with van der Waals surface area (Å²) < 4.78 is 25.5. The molecule has 2 aromatic rings. The largest absolute Gasteiger partial charge is 0.492 e. The summed E-state index contributed by atoms with van der Waals surface area (Å²) >= 11 is 0. The van der Waals surface area contributed by atoms with Gasteiger partial charge in [0.25, 0.3) is 0 Å². The number of hydrogen-bond donors (Lipinski definition) is 2. The quantitative estimate of drug-likeness (QED) is 0.584. The van der Waals surface area contributed by atoms with Crippen molar-refractivity contribution in [1.82, 2.24) is 0 Å². The topological polar surface area (TPSA) is 93.1 Å². The van der Waals surface area contributed by atoms with Crippen molar-refractivity contribution in [2.24, 2.45) is 11.8 Å². The van der Waals surface area contributed by atoms with Crippen LogP contribution in [0.2, 0.25) is 0 Å². The molecule has 0 heterocycles. The molecular formula is C24H27FO6. The lowest BCUT2D eigenvalue weighted by Gasteiger charge is -2.36. The van der Waals surface area contributed by atoms with Gasteiger partial charge in [0, 0.05) is 0 Å². The van der Waals surface area contributed by atoms with Gasteiger partial charge in [0.1, 0.15) is 28.4 Å². The van der Waals surface area contributed by atoms with E-state index in [2.05, 4.69) is 0 Å². The van der Waals surface area contributed by atoms with Gasteiger partial charge in [0.2, 0.25) is 0 Å². The molecule has 1 aliphatic rings. The fraction of sp³-hybridized carbons (Fsp3) is 0.417. The van der Waals surface area contributed by atoms with Gasteiger partial charge in [-0.1, -0.05) is 19.9 Å². The summed E-state index contributed by atoms with van der Waals surface area (Å²) in [7, 11) is 0. The van der Waals surface area contributed by atoms with Crippen molar-refractivity contribution in [3.05, 3.63) is 58.4 Å². The summed E-state index contributed by atoms with van der Waals surface area (Å²) in [5.74, 6) is -2.17. The van der Waals surface area contributed by atoms with Crippen molar-refractivity contribution in [1.29, 1.82) is 0 Å². The lowest BCUT2D eigenvalue weighted by Crippen LogP contribution is -2.35. The zero-order valence-corrected chi connectivity index (χ0v) is 17.9. The Labute approximate surface area is 180 Å². The molecule has 1 fully saturated rings. The summed E-state index contributed by atoms with van der Waals surface area (Å²) in [6.45, 7) is 6.11. The molecule has 0 atom stereocenters. The van der Waals surface area contributed by atoms with Crippen molar-refractivity contribution in [3.8, 4) is 11.5 Å². The molecule has 0 amide bonds. The van der Waals surface area contributed by atoms with E-state index in [-0.39, 0.29) is 23.3 Å². The van der Waals surface area contributed by atoms with Crippen LogP contribution in [-0.4, -0.2) is 34.9 Å². The smallest absolute Gasteiger partial charge is 0.342 e. The Morgan fingerprint density at radius 3 is 2.42 bits per heavy atom. The van der Waals surface area contributed by atoms with Crippen LogP contribution in [0.4, 0.5) is 4.39 Å². The van der Waals surface area contributed by atoms with Crippen molar-refractivity contribution < 1.29 is 33.7 Å². The normalized spacial score (nSPS) is 17.8. The summed E-state index contributed by atoms with van der Waals surface area (Å²) in [4.78, 5) is 22.8. The molecule has 31 heavy (non-hydrogen) atoms. The van der Waals surface area contributed by atoms with E-state index >= 15 is 0 Å². The molecule has 7 heteroatoms. The number of halogens is 1. The molecule has 1 saturated carbocycles. The first-order valence-electron chi connectivity index (χ1n) is 10.3. The number of aryl methyl sites for hydroxylation is 1. The van der Waals surface area contributed by atoms with Crippen LogP contribution in [0, 0.1) is 24.6 Å². The molecule has 0 aliphatic heterocycles. The maximum absolute atomic E-state index is 14.0. The zero-order valence-electron chi connectivity index (χ0n) is 17.9. The lowest BCUT2D eigenvalue weighted by molar-refractivity contribution is 0.0579. The number of carboxylic acids is 2. The van der Waals surface area contributed by atoms with E-state index in [9.17, 15) is 24.2 Å². The Morgan fingerprint density at radius 2 is 1.81 bits per heavy atom. The Morgan fingerprint density at radius 1 is 1.10 bits per heavy atom. The van der Waals surface area contributed by atoms with E-state index < -0.39 is 23.3 Å². The molecule has 2 aromatic carbocycles. The maximum atomic E-state index is 14.0. The predicted octanol–water partition coefficient (Wildman–Crippen LogP) is 4.97. The highest BCUT2D eigenvalue weighted by Crippen LogP contribution is 2.36. The molecule has 0 radical (unpaired) electrons. The number of carbonyl (C=O) groups is 2. The molecular weight excluding hydrogens is 403 g/mol. The van der Waals surface area contributed by atoms with Crippen LogP contribution in [0.25, 0.3) is 0 Å². The summed E-state index contributed by atoms with van der Waals surface area (Å²) in [5.41, 5.74) is 1.27. The average Bonchev–Trinajstić information content (AvgIpc) is 2.63. The number of carboxylic acid groups (broad SMARTS) is 2. The minimum Gasteiger partial charge on any atom is -0.492 e. The van der Waals surface area contributed by atoms with Crippen molar-refractivity contribution in [2.45, 2.75) is 46.1 Å². The molecule has 6 nitrogen and oxygen atoms in total. The fourth-order valence-electron chi connectivity index (χ4n) is 3.71. The molecule has 0 bridgehead atoms. The molecule has 0 spiro atoms. The van der Waals surface area contributed by atoms with Crippen LogP contribution in [0.5, 0.6) is 11.5 Å². The fourth-order valence-corrected chi connectivity index (χ4v) is 3.71. The Balaban J connectivity index is 1.63. The lowest BCUT2D eigenvalue weighted by atomic mass is 9.78. The molecule has 1 aliphatic carbocycles. The van der Waals surface area contributed by atoms with Gasteiger partial charge in [0.05, 0.1) is 12.7 Å². The van der Waals surface area contributed by atoms with Gasteiger partial charge in [-0.2, -0.15) is 0 Å². The highest BCUT2D eigenvalue weighted by atomic mass is 19.1. The summed E-state index contributed by atoms with van der Waals surface area (Å²) in [5, 5.41) is 18.7. The maximum Gasteiger partial charge on any atom is 0.342 e. The second kappa shape index (κ2) is 9.37. The van der Waals surface area contributed by atoms with Crippen molar-refractivity contribution in [3.63, 3.8) is 0 Å². The zero-order chi connectivity index (χ0) is 22.7. The average molecular weight is 430 g/mol. The molecule has 166 valence electrons. The van der Waals surface area contributed by atoms with Gasteiger partial charge in [0.15, 0.2) is 0 Å². The number of aromatic carboxylic acids is 2. The Bertz CT molecular complexity index is 978. The van der Waals surface area contributed by atoms with E-state index in [4.69, 9.17) is 9.47 Å². The Hall–Kier alpha value is -3.09. The van der Waals surface area contributed by atoms with Gasteiger partial charge in [-0.3, -0.25) is 0 Å². The van der Waals surface area contributed by atoms with Gasteiger partial charge in [-0.25, -0.2) is 14.0 Å². The van der Waals surface area contributed by atoms with Crippen LogP contribution in [0.3, 0.4) is 0 Å². The third kappa shape index (κ3) is 5.54. The molecule has 2 N–H and O–H groups in total. The Kier molecular flexibility index (Phi) is 6.83. The third-order valence-corrected chi connectivity index (χ3v) is 5.27. The van der Waals surface area contributed by atoms with Crippen LogP contribution in [-0.2, 0) is 6.42 Å². The first-order valence-corrected chi connectivity index (χ1v) is 10.3. The third-order valence-electron chi connectivity index (χ3n) is 5.27. The molecule has 0 aromatic heterocycles. The predicted molar refractivity (Wildman–Crippen MR) is 113 cm³/mol. The number of benzene rings is 2. The number of rotatable bonds is 9. The van der Waals surface area contributed by atoms with Gasteiger partial charge >= 0.3 is 11.9 Å². The molecule has 0 unspecified atom stereocenters. The first-order chi connectivity index (χ1) is 14.6. The monoisotopic (exact) mass is 430 g/mol. The van der Waals surface area contributed by atoms with E-state index in [0.717, 1.165) is 12.0 Å². The minimum absolute atomic E-state index is 0.0589. The number of hydrogen-bond acceptors (Lipinski definition) is 4. The van der Waals surface area contributed by atoms with Gasteiger partial charge in [-0.05, 0) is 73.4 Å². The van der Waals surface area contributed by atoms with Crippen LogP contribution in [0.15, 0.2) is 30.3 Å². The van der Waals surface area contributed by atoms with Crippen LogP contribution in [0.1, 0.15) is 58.5 Å².